The van der Waals surface area contributed by atoms with E-state index in [-0.39, 0.29) is 0 Å². The van der Waals surface area contributed by atoms with Gasteiger partial charge in [0.1, 0.15) is 11.4 Å². The minimum atomic E-state index is -0.530. The summed E-state index contributed by atoms with van der Waals surface area (Å²) in [6, 6.07) is 1.89. The number of hydrogen-bond acceptors (Lipinski definition) is 4. The van der Waals surface area contributed by atoms with E-state index in [1.165, 1.54) is 0 Å². The van der Waals surface area contributed by atoms with Gasteiger partial charge in [-0.2, -0.15) is 0 Å². The number of rotatable bonds is 5. The first-order valence-electron chi connectivity index (χ1n) is 6.03. The fourth-order valence-corrected chi connectivity index (χ4v) is 1.91. The molecule has 5 heteroatoms. The fourth-order valence-electron chi connectivity index (χ4n) is 1.91. The van der Waals surface area contributed by atoms with Crippen LogP contribution in [-0.4, -0.2) is 47.2 Å². The maximum Gasteiger partial charge on any atom is 0.137 e. The summed E-state index contributed by atoms with van der Waals surface area (Å²) in [4.78, 5) is 9.38. The molecule has 2 aromatic rings. The van der Waals surface area contributed by atoms with Gasteiger partial charge >= 0.3 is 0 Å². The molecule has 1 unspecified atom stereocenters. The topological polar surface area (TPSA) is 61.4 Å². The lowest BCUT2D eigenvalue weighted by molar-refractivity contribution is 0.131. The fraction of sp³-hybridized carbons (Fsp3) is 0.462. The largest absolute Gasteiger partial charge is 0.495 e. The zero-order valence-electron chi connectivity index (χ0n) is 11.0. The average molecular weight is 249 g/mol. The van der Waals surface area contributed by atoms with Gasteiger partial charge in [0.25, 0.3) is 0 Å². The van der Waals surface area contributed by atoms with Crippen molar-refractivity contribution in [2.75, 3.05) is 27.2 Å². The Labute approximate surface area is 106 Å². The summed E-state index contributed by atoms with van der Waals surface area (Å²) in [5.41, 5.74) is 1.63. The third kappa shape index (κ3) is 2.47. The van der Waals surface area contributed by atoms with Crippen LogP contribution in [0.15, 0.2) is 18.5 Å². The van der Waals surface area contributed by atoms with E-state index in [2.05, 4.69) is 21.8 Å². The van der Waals surface area contributed by atoms with Crippen molar-refractivity contribution in [1.82, 2.24) is 14.9 Å². The molecular formula is C13H19N3O2. The van der Waals surface area contributed by atoms with Crippen molar-refractivity contribution in [3.63, 3.8) is 0 Å². The summed E-state index contributed by atoms with van der Waals surface area (Å²) in [5, 5.41) is 11.2. The molecule has 0 spiro atoms. The van der Waals surface area contributed by atoms with Gasteiger partial charge < -0.3 is 19.7 Å². The summed E-state index contributed by atoms with van der Waals surface area (Å²) in [6.07, 6.45) is 2.94. The molecule has 2 N–H and O–H groups in total. The molecule has 0 aliphatic rings. The Morgan fingerprint density at radius 2 is 2.33 bits per heavy atom. The number of aromatic nitrogens is 2. The molecule has 98 valence electrons. The number of fused-ring (bicyclic) bond motifs is 1. The second-order valence-electron chi connectivity index (χ2n) is 4.39. The van der Waals surface area contributed by atoms with Crippen molar-refractivity contribution < 1.29 is 9.84 Å². The molecule has 0 aromatic carbocycles. The molecule has 2 rings (SSSR count). The van der Waals surface area contributed by atoms with Gasteiger partial charge in [0.15, 0.2) is 0 Å². The molecular weight excluding hydrogens is 230 g/mol. The van der Waals surface area contributed by atoms with Crippen molar-refractivity contribution in [2.24, 2.45) is 0 Å². The normalized spacial score (nSPS) is 13.2. The molecule has 0 radical (unpaired) electrons. The summed E-state index contributed by atoms with van der Waals surface area (Å²) < 4.78 is 5.16. The van der Waals surface area contributed by atoms with Gasteiger partial charge in [-0.25, -0.2) is 4.98 Å². The van der Waals surface area contributed by atoms with E-state index in [1.807, 2.05) is 19.3 Å². The first-order chi connectivity index (χ1) is 8.65. The van der Waals surface area contributed by atoms with Crippen LogP contribution in [0.2, 0.25) is 0 Å². The molecule has 1 atom stereocenters. The van der Waals surface area contributed by atoms with Crippen LogP contribution in [0.25, 0.3) is 11.0 Å². The van der Waals surface area contributed by atoms with E-state index in [4.69, 9.17) is 4.74 Å². The molecule has 0 fully saturated rings. The lowest BCUT2D eigenvalue weighted by Gasteiger charge is -2.18. The predicted molar refractivity (Wildman–Crippen MR) is 70.8 cm³/mol. The Kier molecular flexibility index (Phi) is 3.84. The quantitative estimate of drug-likeness (QED) is 0.844. The molecule has 0 bridgehead atoms. The van der Waals surface area contributed by atoms with Gasteiger partial charge in [-0.3, -0.25) is 0 Å². The van der Waals surface area contributed by atoms with Crippen LogP contribution >= 0.6 is 0 Å². The van der Waals surface area contributed by atoms with Crippen LogP contribution in [0.1, 0.15) is 18.6 Å². The van der Waals surface area contributed by atoms with E-state index >= 15 is 0 Å². The van der Waals surface area contributed by atoms with Gasteiger partial charge in [-0.15, -0.1) is 0 Å². The minimum absolute atomic E-state index is 0.530. The molecule has 0 saturated carbocycles. The van der Waals surface area contributed by atoms with Gasteiger partial charge in [0.05, 0.1) is 19.4 Å². The number of nitrogens with zero attached hydrogens (tertiary/aromatic N) is 2. The molecule has 18 heavy (non-hydrogen) atoms. The van der Waals surface area contributed by atoms with Gasteiger partial charge in [0.2, 0.25) is 0 Å². The highest BCUT2D eigenvalue weighted by Crippen LogP contribution is 2.26. The van der Waals surface area contributed by atoms with Crippen LogP contribution < -0.4 is 4.74 Å². The number of aliphatic hydroxyl groups is 1. The third-order valence-corrected chi connectivity index (χ3v) is 3.16. The number of ether oxygens (including phenoxy) is 1. The average Bonchev–Trinajstić information content (AvgIpc) is 2.81. The maximum absolute atomic E-state index is 10.2. The number of hydrogen-bond donors (Lipinski definition) is 2. The van der Waals surface area contributed by atoms with E-state index < -0.39 is 6.10 Å². The van der Waals surface area contributed by atoms with Crippen LogP contribution in [0.4, 0.5) is 0 Å². The van der Waals surface area contributed by atoms with Crippen LogP contribution in [0.5, 0.6) is 5.75 Å². The van der Waals surface area contributed by atoms with Gasteiger partial charge in [-0.1, -0.05) is 6.92 Å². The van der Waals surface area contributed by atoms with Gasteiger partial charge in [-0.05, 0) is 19.7 Å². The molecule has 2 heterocycles. The second kappa shape index (κ2) is 5.37. The highest BCUT2D eigenvalue weighted by molar-refractivity contribution is 5.81. The summed E-state index contributed by atoms with van der Waals surface area (Å²) >= 11 is 0. The highest BCUT2D eigenvalue weighted by atomic mass is 16.5. The zero-order chi connectivity index (χ0) is 13.1. The van der Waals surface area contributed by atoms with E-state index in [0.29, 0.717) is 12.3 Å². The first kappa shape index (κ1) is 12.9. The Bertz CT molecular complexity index is 524. The molecule has 0 aliphatic heterocycles. The lowest BCUT2D eigenvalue weighted by atomic mass is 10.1. The summed E-state index contributed by atoms with van der Waals surface area (Å²) in [5.74, 6) is 0.694. The lowest BCUT2D eigenvalue weighted by Crippen LogP contribution is -2.24. The number of pyridine rings is 1. The van der Waals surface area contributed by atoms with Gasteiger partial charge in [0, 0.05) is 23.7 Å². The Balaban J connectivity index is 2.32. The van der Waals surface area contributed by atoms with Crippen molar-refractivity contribution >= 4 is 11.0 Å². The monoisotopic (exact) mass is 249 g/mol. The van der Waals surface area contributed by atoms with Crippen LogP contribution in [0, 0.1) is 0 Å². The number of aliphatic hydroxyl groups excluding tert-OH is 1. The van der Waals surface area contributed by atoms with Crippen LogP contribution in [0.3, 0.4) is 0 Å². The summed E-state index contributed by atoms with van der Waals surface area (Å²) in [6.45, 7) is 3.56. The minimum Gasteiger partial charge on any atom is -0.495 e. The van der Waals surface area contributed by atoms with Crippen molar-refractivity contribution in [3.8, 4) is 5.75 Å². The van der Waals surface area contributed by atoms with E-state index in [9.17, 15) is 5.11 Å². The molecule has 0 aliphatic carbocycles. The van der Waals surface area contributed by atoms with E-state index in [1.54, 1.807) is 13.3 Å². The number of aromatic amines is 1. The third-order valence-electron chi connectivity index (χ3n) is 3.16. The maximum atomic E-state index is 10.2. The highest BCUT2D eigenvalue weighted by Gasteiger charge is 2.15. The van der Waals surface area contributed by atoms with Crippen molar-refractivity contribution in [3.05, 3.63) is 24.0 Å². The Hall–Kier alpha value is -1.59. The van der Waals surface area contributed by atoms with Crippen molar-refractivity contribution in [1.29, 1.82) is 0 Å². The van der Waals surface area contributed by atoms with Crippen molar-refractivity contribution in [2.45, 2.75) is 13.0 Å². The molecule has 0 saturated heterocycles. The predicted octanol–water partition coefficient (Wildman–Crippen LogP) is 1.56. The SMILES string of the molecule is CCN(C)CC(O)c1c[nH]c2ncc(OC)cc12. The first-order valence-corrected chi connectivity index (χ1v) is 6.03. The van der Waals surface area contributed by atoms with E-state index in [0.717, 1.165) is 23.1 Å². The Morgan fingerprint density at radius 1 is 1.56 bits per heavy atom. The van der Waals surface area contributed by atoms with Crippen LogP contribution in [-0.2, 0) is 0 Å². The standard InChI is InChI=1S/C13H19N3O2/c1-4-16(2)8-12(17)11-7-15-13-10(11)5-9(18-3)6-14-13/h5-7,12,17H,4,8H2,1-3H3,(H,14,15). The zero-order valence-corrected chi connectivity index (χ0v) is 11.0. The molecule has 0 amide bonds. The number of H-pyrrole nitrogens is 1. The second-order valence-corrected chi connectivity index (χ2v) is 4.39. The number of likely N-dealkylation sites (N-methyl/N-ethyl adjacent to an activating group) is 1. The molecule has 5 nitrogen and oxygen atoms in total. The Morgan fingerprint density at radius 3 is 3.00 bits per heavy atom. The summed E-state index contributed by atoms with van der Waals surface area (Å²) in [7, 11) is 3.59. The number of nitrogens with one attached hydrogen (secondary N) is 1. The molecule has 2 aromatic heterocycles. The number of methoxy groups -OCH3 is 1. The smallest absolute Gasteiger partial charge is 0.137 e.